The molecule has 2 aliphatic rings. The van der Waals surface area contributed by atoms with Gasteiger partial charge in [-0.15, -0.1) is 13.2 Å². The van der Waals surface area contributed by atoms with Gasteiger partial charge in [0, 0.05) is 25.7 Å². The molecule has 0 saturated carbocycles. The lowest BCUT2D eigenvalue weighted by atomic mass is 10.2. The molecule has 2 amide bonds. The van der Waals surface area contributed by atoms with E-state index >= 15 is 0 Å². The van der Waals surface area contributed by atoms with Crippen molar-refractivity contribution < 1.29 is 27.5 Å². The minimum atomic E-state index is -4.82. The molecule has 0 aliphatic carbocycles. The van der Waals surface area contributed by atoms with Crippen molar-refractivity contribution in [2.45, 2.75) is 25.4 Å². The van der Waals surface area contributed by atoms with Crippen molar-refractivity contribution in [3.05, 3.63) is 30.5 Å². The van der Waals surface area contributed by atoms with E-state index in [1.165, 1.54) is 29.3 Å². The van der Waals surface area contributed by atoms with E-state index in [-0.39, 0.29) is 23.2 Å². The molecule has 4 rings (SSSR count). The Morgan fingerprint density at radius 3 is 2.67 bits per heavy atom. The molecule has 2 aromatic rings. The molecule has 0 N–H and O–H groups in total. The normalized spacial score (nSPS) is 18.5. The number of nitrogens with zero attached hydrogens (tertiary/aromatic N) is 5. The van der Waals surface area contributed by atoms with E-state index in [1.54, 1.807) is 16.8 Å². The zero-order valence-corrected chi connectivity index (χ0v) is 16.0. The number of hydrogen-bond acceptors (Lipinski definition) is 6. The number of rotatable bonds is 3. The number of hydrogen-bond donors (Lipinski definition) is 0. The van der Waals surface area contributed by atoms with Crippen LogP contribution in [0, 0.1) is 0 Å². The van der Waals surface area contributed by atoms with Gasteiger partial charge in [0.15, 0.2) is 24.1 Å². The maximum atomic E-state index is 13.0. The summed E-state index contributed by atoms with van der Waals surface area (Å²) in [7, 11) is 1.65. The number of benzene rings is 1. The van der Waals surface area contributed by atoms with Crippen LogP contribution in [0.5, 0.6) is 5.75 Å². The van der Waals surface area contributed by atoms with Crippen LogP contribution in [0.2, 0.25) is 0 Å². The number of alkyl halides is 3. The third-order valence-corrected chi connectivity index (χ3v) is 5.05. The Balaban J connectivity index is 1.72. The van der Waals surface area contributed by atoms with E-state index in [0.717, 1.165) is 18.9 Å². The molecule has 11 heteroatoms. The molecule has 1 saturated heterocycles. The van der Waals surface area contributed by atoms with Gasteiger partial charge >= 0.3 is 12.4 Å². The number of amides is 2. The van der Waals surface area contributed by atoms with Gasteiger partial charge in [0.2, 0.25) is 0 Å². The van der Waals surface area contributed by atoms with E-state index in [0.29, 0.717) is 25.1 Å². The summed E-state index contributed by atoms with van der Waals surface area (Å²) in [6.07, 6.45) is -1.84. The molecular weight excluding hydrogens is 403 g/mol. The minimum absolute atomic E-state index is 0.112. The molecular formula is C19H18F3N5O3. The van der Waals surface area contributed by atoms with E-state index in [1.807, 2.05) is 0 Å². The van der Waals surface area contributed by atoms with Gasteiger partial charge in [0.25, 0.3) is 0 Å². The maximum Gasteiger partial charge on any atom is 0.573 e. The minimum Gasteiger partial charge on any atom is -0.406 e. The predicted molar refractivity (Wildman–Crippen MR) is 101 cm³/mol. The largest absolute Gasteiger partial charge is 0.573 e. The zero-order chi connectivity index (χ0) is 21.5. The first-order valence-electron chi connectivity index (χ1n) is 9.28. The highest BCUT2D eigenvalue weighted by atomic mass is 19.4. The van der Waals surface area contributed by atoms with Crippen LogP contribution in [-0.2, 0) is 4.79 Å². The lowest BCUT2D eigenvalue weighted by Crippen LogP contribution is -2.51. The van der Waals surface area contributed by atoms with Gasteiger partial charge in [0.1, 0.15) is 11.4 Å². The molecule has 1 aromatic heterocycles. The molecule has 3 heterocycles. The van der Waals surface area contributed by atoms with Crippen molar-refractivity contribution in [2.75, 3.05) is 29.9 Å². The van der Waals surface area contributed by atoms with Gasteiger partial charge in [-0.1, -0.05) is 12.1 Å². The lowest BCUT2D eigenvalue weighted by Gasteiger charge is -2.28. The molecule has 8 nitrogen and oxygen atoms in total. The Morgan fingerprint density at radius 2 is 2.00 bits per heavy atom. The Kier molecular flexibility index (Phi) is 4.96. The van der Waals surface area contributed by atoms with Crippen LogP contribution in [0.4, 0.5) is 29.5 Å². The number of fused-ring (bicyclic) bond motifs is 1. The fourth-order valence-corrected chi connectivity index (χ4v) is 3.62. The quantitative estimate of drug-likeness (QED) is 0.709. The Hall–Kier alpha value is -3.37. The Bertz CT molecular complexity index is 978. The molecule has 0 bridgehead atoms. The monoisotopic (exact) mass is 421 g/mol. The summed E-state index contributed by atoms with van der Waals surface area (Å²) in [5.74, 6) is -0.0591. The summed E-state index contributed by atoms with van der Waals surface area (Å²) in [5.41, 5.74) is 0.761. The number of carbonyl (C=O) groups is 2. The summed E-state index contributed by atoms with van der Waals surface area (Å²) >= 11 is 0. The average Bonchev–Trinajstić information content (AvgIpc) is 3.33. The van der Waals surface area contributed by atoms with Crippen LogP contribution in [0.25, 0.3) is 11.4 Å². The topological polar surface area (TPSA) is 78.9 Å². The molecule has 2 aliphatic heterocycles. The number of aromatic nitrogens is 2. The van der Waals surface area contributed by atoms with Crippen LogP contribution < -0.4 is 14.5 Å². The predicted octanol–water partition coefficient (Wildman–Crippen LogP) is 3.04. The molecule has 30 heavy (non-hydrogen) atoms. The summed E-state index contributed by atoms with van der Waals surface area (Å²) < 4.78 is 41.5. The molecule has 1 aromatic carbocycles. The Morgan fingerprint density at radius 1 is 1.27 bits per heavy atom. The molecule has 1 unspecified atom stereocenters. The third kappa shape index (κ3) is 3.62. The standard InChI is InChI=1S/C19H18F3N5O3/c1-25-14-10-23-16(12-5-4-6-13(9-12)30-19(20,21)22)24-17(14)27(15(25)11-28)18(29)26-7-2-3-8-26/h4-6,9-11,15H,2-3,7-8H2,1H3. The second kappa shape index (κ2) is 7.47. The number of urea groups is 1. The second-order valence-corrected chi connectivity index (χ2v) is 6.99. The first-order valence-corrected chi connectivity index (χ1v) is 9.28. The Labute approximate surface area is 169 Å². The van der Waals surface area contributed by atoms with E-state index in [2.05, 4.69) is 14.7 Å². The maximum absolute atomic E-state index is 13.0. The average molecular weight is 421 g/mol. The van der Waals surface area contributed by atoms with Crippen molar-refractivity contribution in [1.82, 2.24) is 14.9 Å². The summed E-state index contributed by atoms with van der Waals surface area (Å²) in [5, 5.41) is 0. The molecule has 0 radical (unpaired) electrons. The van der Waals surface area contributed by atoms with Crippen molar-refractivity contribution >= 4 is 23.8 Å². The summed E-state index contributed by atoms with van der Waals surface area (Å²) in [6.45, 7) is 1.18. The van der Waals surface area contributed by atoms with Gasteiger partial charge in [-0.25, -0.2) is 19.7 Å². The van der Waals surface area contributed by atoms with Crippen LogP contribution in [0.3, 0.4) is 0 Å². The molecule has 0 spiro atoms. The molecule has 1 fully saturated rings. The van der Waals surface area contributed by atoms with Crippen molar-refractivity contribution in [3.63, 3.8) is 0 Å². The van der Waals surface area contributed by atoms with Crippen LogP contribution in [0.1, 0.15) is 12.8 Å². The number of carbonyl (C=O) groups excluding carboxylic acids is 2. The number of aldehydes is 1. The lowest BCUT2D eigenvalue weighted by molar-refractivity contribution is -0.274. The van der Waals surface area contributed by atoms with E-state index in [9.17, 15) is 22.8 Å². The first-order chi connectivity index (χ1) is 14.3. The fourth-order valence-electron chi connectivity index (χ4n) is 3.62. The van der Waals surface area contributed by atoms with E-state index in [4.69, 9.17) is 0 Å². The SMILES string of the molecule is CN1c2cnc(-c3cccc(OC(F)(F)F)c3)nc2N(C(=O)N2CCCC2)C1C=O. The van der Waals surface area contributed by atoms with Gasteiger partial charge in [-0.05, 0) is 25.0 Å². The third-order valence-electron chi connectivity index (χ3n) is 5.05. The fraction of sp³-hybridized carbons (Fsp3) is 0.368. The van der Waals surface area contributed by atoms with Crippen LogP contribution in [0.15, 0.2) is 30.5 Å². The summed E-state index contributed by atoms with van der Waals surface area (Å²) in [6, 6.07) is 4.92. The van der Waals surface area contributed by atoms with Gasteiger partial charge < -0.3 is 14.5 Å². The number of halogens is 3. The van der Waals surface area contributed by atoms with E-state index < -0.39 is 18.3 Å². The number of ether oxygens (including phenoxy) is 1. The molecule has 158 valence electrons. The second-order valence-electron chi connectivity index (χ2n) is 6.99. The van der Waals surface area contributed by atoms with Gasteiger partial charge in [0.05, 0.1) is 6.20 Å². The van der Waals surface area contributed by atoms with Gasteiger partial charge in [-0.2, -0.15) is 0 Å². The van der Waals surface area contributed by atoms with Crippen LogP contribution >= 0.6 is 0 Å². The van der Waals surface area contributed by atoms with Crippen molar-refractivity contribution in [2.24, 2.45) is 0 Å². The van der Waals surface area contributed by atoms with Crippen molar-refractivity contribution in [3.8, 4) is 17.1 Å². The number of likely N-dealkylation sites (tertiary alicyclic amines) is 1. The highest BCUT2D eigenvalue weighted by Crippen LogP contribution is 2.38. The smallest absolute Gasteiger partial charge is 0.406 e. The van der Waals surface area contributed by atoms with Crippen LogP contribution in [-0.4, -0.2) is 59.9 Å². The van der Waals surface area contributed by atoms with Crippen molar-refractivity contribution in [1.29, 1.82) is 0 Å². The number of likely N-dealkylation sites (N-methyl/N-ethyl adjacent to an activating group) is 1. The summed E-state index contributed by atoms with van der Waals surface area (Å²) in [4.78, 5) is 37.9. The molecule has 1 atom stereocenters. The highest BCUT2D eigenvalue weighted by Gasteiger charge is 2.42. The number of anilines is 2. The zero-order valence-electron chi connectivity index (χ0n) is 16.0. The first kappa shape index (κ1) is 19.9. The highest BCUT2D eigenvalue weighted by molar-refractivity contribution is 6.02. The van der Waals surface area contributed by atoms with Gasteiger partial charge in [-0.3, -0.25) is 4.79 Å².